The van der Waals surface area contributed by atoms with Crippen LogP contribution in [0.25, 0.3) is 101 Å². The SMILES string of the molecule is c1ccc(-c2cc(-c3ccccc3)cc(-c3cccc(-c4nc(-c5cccc(-c6ccccc6)c5)nc(-c5cccc(-c6cc7ccccc7cn6)c5)n4)c3)c2)cc1. The average Bonchev–Trinajstić information content (AvgIpc) is 3.32. The fraction of sp³-hybridized carbons (Fsp3) is 0. The normalized spacial score (nSPS) is 11.1. The number of hydrogen-bond acceptors (Lipinski definition) is 4. The molecule has 10 aromatic rings. The van der Waals surface area contributed by atoms with Crippen molar-refractivity contribution in [1.29, 1.82) is 0 Å². The highest BCUT2D eigenvalue weighted by Gasteiger charge is 2.16. The first-order valence-electron chi connectivity index (χ1n) is 19.4. The fourth-order valence-corrected chi connectivity index (χ4v) is 7.52. The molecule has 0 saturated heterocycles. The lowest BCUT2D eigenvalue weighted by molar-refractivity contribution is 1.07. The molecule has 0 N–H and O–H groups in total. The van der Waals surface area contributed by atoms with Crippen molar-refractivity contribution in [3.8, 4) is 89.9 Å². The minimum Gasteiger partial charge on any atom is -0.256 e. The first-order valence-corrected chi connectivity index (χ1v) is 19.4. The van der Waals surface area contributed by atoms with Gasteiger partial charge in [-0.2, -0.15) is 0 Å². The molecule has 272 valence electrons. The Hall–Kier alpha value is -7.82. The summed E-state index contributed by atoms with van der Waals surface area (Å²) in [6, 6.07) is 74.0. The summed E-state index contributed by atoms with van der Waals surface area (Å²) < 4.78 is 0. The maximum Gasteiger partial charge on any atom is 0.164 e. The molecule has 0 spiro atoms. The lowest BCUT2D eigenvalue weighted by Gasteiger charge is -2.13. The summed E-state index contributed by atoms with van der Waals surface area (Å²) in [4.78, 5) is 20.3. The first-order chi connectivity index (χ1) is 28.7. The van der Waals surface area contributed by atoms with Gasteiger partial charge in [0.1, 0.15) is 0 Å². The molecule has 0 aliphatic heterocycles. The number of aromatic nitrogens is 4. The van der Waals surface area contributed by atoms with Gasteiger partial charge in [0.2, 0.25) is 0 Å². The Morgan fingerprint density at radius 1 is 0.224 bits per heavy atom. The third kappa shape index (κ3) is 7.18. The van der Waals surface area contributed by atoms with Crippen LogP contribution in [0.3, 0.4) is 0 Å². The van der Waals surface area contributed by atoms with Crippen molar-refractivity contribution in [3.05, 3.63) is 219 Å². The van der Waals surface area contributed by atoms with E-state index < -0.39 is 0 Å². The molecule has 0 fully saturated rings. The van der Waals surface area contributed by atoms with Gasteiger partial charge in [0.05, 0.1) is 5.69 Å². The molecule has 2 aromatic heterocycles. The zero-order valence-electron chi connectivity index (χ0n) is 31.6. The topological polar surface area (TPSA) is 51.6 Å². The molecule has 0 aliphatic rings. The maximum absolute atomic E-state index is 5.19. The van der Waals surface area contributed by atoms with Crippen molar-refractivity contribution in [2.75, 3.05) is 0 Å². The van der Waals surface area contributed by atoms with Gasteiger partial charge in [0.15, 0.2) is 17.5 Å². The van der Waals surface area contributed by atoms with Crippen LogP contribution in [-0.4, -0.2) is 19.9 Å². The van der Waals surface area contributed by atoms with Crippen LogP contribution in [-0.2, 0) is 0 Å². The molecule has 4 heteroatoms. The zero-order chi connectivity index (χ0) is 38.7. The highest BCUT2D eigenvalue weighted by Crippen LogP contribution is 2.35. The molecule has 8 aromatic carbocycles. The van der Waals surface area contributed by atoms with Crippen LogP contribution in [0.2, 0.25) is 0 Å². The van der Waals surface area contributed by atoms with Crippen molar-refractivity contribution in [1.82, 2.24) is 19.9 Å². The summed E-state index contributed by atoms with van der Waals surface area (Å²) in [5.41, 5.74) is 13.7. The summed E-state index contributed by atoms with van der Waals surface area (Å²) in [5, 5.41) is 2.25. The molecule has 4 nitrogen and oxygen atoms in total. The summed E-state index contributed by atoms with van der Waals surface area (Å²) in [6.45, 7) is 0. The summed E-state index contributed by atoms with van der Waals surface area (Å²) in [6.07, 6.45) is 1.93. The molecular weight excluding hydrogens is 705 g/mol. The van der Waals surface area contributed by atoms with E-state index >= 15 is 0 Å². The summed E-state index contributed by atoms with van der Waals surface area (Å²) in [5.74, 6) is 1.80. The predicted octanol–water partition coefficient (Wildman–Crippen LogP) is 13.8. The van der Waals surface area contributed by atoms with Gasteiger partial charge < -0.3 is 0 Å². The lowest BCUT2D eigenvalue weighted by Crippen LogP contribution is -2.00. The van der Waals surface area contributed by atoms with Crippen LogP contribution in [0.15, 0.2) is 219 Å². The van der Waals surface area contributed by atoms with E-state index in [0.717, 1.165) is 72.1 Å². The Labute approximate surface area is 337 Å². The zero-order valence-corrected chi connectivity index (χ0v) is 31.6. The summed E-state index contributed by atoms with van der Waals surface area (Å²) in [7, 11) is 0. The van der Waals surface area contributed by atoms with Gasteiger partial charge in [0, 0.05) is 33.8 Å². The van der Waals surface area contributed by atoms with Crippen molar-refractivity contribution in [2.45, 2.75) is 0 Å². The van der Waals surface area contributed by atoms with Gasteiger partial charge in [-0.05, 0) is 92.4 Å². The molecule has 0 aliphatic carbocycles. The van der Waals surface area contributed by atoms with E-state index in [9.17, 15) is 0 Å². The van der Waals surface area contributed by atoms with Gasteiger partial charge in [-0.15, -0.1) is 0 Å². The highest BCUT2D eigenvalue weighted by molar-refractivity contribution is 5.86. The fourth-order valence-electron chi connectivity index (χ4n) is 7.52. The van der Waals surface area contributed by atoms with Gasteiger partial charge >= 0.3 is 0 Å². The van der Waals surface area contributed by atoms with E-state index in [-0.39, 0.29) is 0 Å². The lowest BCUT2D eigenvalue weighted by atomic mass is 9.93. The first kappa shape index (κ1) is 34.7. The molecule has 2 heterocycles. The van der Waals surface area contributed by atoms with Crippen molar-refractivity contribution in [3.63, 3.8) is 0 Å². The van der Waals surface area contributed by atoms with Crippen LogP contribution in [0.4, 0.5) is 0 Å². The Morgan fingerprint density at radius 3 is 1.05 bits per heavy atom. The van der Waals surface area contributed by atoms with Gasteiger partial charge in [0.25, 0.3) is 0 Å². The highest BCUT2D eigenvalue weighted by atomic mass is 15.0. The molecule has 0 atom stereocenters. The van der Waals surface area contributed by atoms with Crippen LogP contribution in [0.5, 0.6) is 0 Å². The Balaban J connectivity index is 1.11. The van der Waals surface area contributed by atoms with Crippen LogP contribution < -0.4 is 0 Å². The van der Waals surface area contributed by atoms with Crippen LogP contribution in [0, 0.1) is 0 Å². The predicted molar refractivity (Wildman–Crippen MR) is 239 cm³/mol. The molecule has 0 bridgehead atoms. The van der Waals surface area contributed by atoms with E-state index in [1.807, 2.05) is 24.4 Å². The molecule has 0 amide bonds. The van der Waals surface area contributed by atoms with Crippen LogP contribution in [0.1, 0.15) is 0 Å². The van der Waals surface area contributed by atoms with E-state index in [1.54, 1.807) is 0 Å². The van der Waals surface area contributed by atoms with E-state index in [4.69, 9.17) is 19.9 Å². The van der Waals surface area contributed by atoms with Crippen molar-refractivity contribution < 1.29 is 0 Å². The second-order valence-electron chi connectivity index (χ2n) is 14.4. The largest absolute Gasteiger partial charge is 0.256 e. The third-order valence-electron chi connectivity index (χ3n) is 10.5. The molecular formula is C54H36N4. The van der Waals surface area contributed by atoms with Crippen LogP contribution >= 0.6 is 0 Å². The van der Waals surface area contributed by atoms with Gasteiger partial charge in [-0.1, -0.05) is 170 Å². The third-order valence-corrected chi connectivity index (χ3v) is 10.5. The molecule has 0 unspecified atom stereocenters. The standard InChI is InChI=1S/C54H36N4/c1-4-15-37(16-5-1)40-23-12-26-44(29-40)52-56-53(58-54(57-52)46-28-14-25-43(31-46)51-35-42-21-10-11-22-47(42)36-55-51)45-27-13-24-41(30-45)50-33-48(38-17-6-2-7-18-38)32-49(34-50)39-19-8-3-9-20-39/h1-36H. The van der Waals surface area contributed by atoms with Gasteiger partial charge in [-0.3, -0.25) is 4.98 Å². The monoisotopic (exact) mass is 740 g/mol. The number of nitrogens with zero attached hydrogens (tertiary/aromatic N) is 4. The summed E-state index contributed by atoms with van der Waals surface area (Å²) >= 11 is 0. The number of pyridine rings is 1. The van der Waals surface area contributed by atoms with Crippen molar-refractivity contribution in [2.24, 2.45) is 0 Å². The Morgan fingerprint density at radius 2 is 0.552 bits per heavy atom. The minimum atomic E-state index is 0.593. The molecule has 0 saturated carbocycles. The minimum absolute atomic E-state index is 0.593. The Bertz CT molecular complexity index is 2990. The maximum atomic E-state index is 5.19. The van der Waals surface area contributed by atoms with E-state index in [2.05, 4.69) is 194 Å². The van der Waals surface area contributed by atoms with Gasteiger partial charge in [-0.25, -0.2) is 15.0 Å². The molecule has 58 heavy (non-hydrogen) atoms. The number of benzene rings is 8. The van der Waals surface area contributed by atoms with E-state index in [0.29, 0.717) is 17.5 Å². The second-order valence-corrected chi connectivity index (χ2v) is 14.4. The number of hydrogen-bond donors (Lipinski definition) is 0. The molecule has 10 rings (SSSR count). The second kappa shape index (κ2) is 15.4. The Kier molecular flexibility index (Phi) is 9.18. The average molecular weight is 741 g/mol. The quantitative estimate of drug-likeness (QED) is 0.156. The number of fused-ring (bicyclic) bond motifs is 1. The van der Waals surface area contributed by atoms with E-state index in [1.165, 1.54) is 11.1 Å². The molecule has 0 radical (unpaired) electrons. The van der Waals surface area contributed by atoms with Crippen molar-refractivity contribution >= 4 is 10.8 Å². The smallest absolute Gasteiger partial charge is 0.164 e. The number of rotatable bonds is 8.